The normalized spacial score (nSPS) is 15.2. The number of carbonyl (C=O) groups is 1. The second kappa shape index (κ2) is 7.59. The highest BCUT2D eigenvalue weighted by atomic mass is 16.4. The molecule has 0 bridgehead atoms. The fraction of sp³-hybridized carbons (Fsp3) is 0.192. The summed E-state index contributed by atoms with van der Waals surface area (Å²) in [6.07, 6.45) is 7.68. The second-order valence-electron chi connectivity index (χ2n) is 8.27. The number of aromatic carboxylic acids is 1. The number of carboxylic acids is 1. The molecule has 2 N–H and O–H groups in total. The average molecular weight is 383 g/mol. The molecule has 29 heavy (non-hydrogen) atoms. The first kappa shape index (κ1) is 19.0. The van der Waals surface area contributed by atoms with E-state index in [1.165, 1.54) is 27.5 Å². The highest BCUT2D eigenvalue weighted by Gasteiger charge is 2.21. The van der Waals surface area contributed by atoms with Crippen LogP contribution in [0, 0.1) is 5.41 Å². The largest absolute Gasteiger partial charge is 0.478 e. The van der Waals surface area contributed by atoms with Crippen molar-refractivity contribution >= 4 is 28.0 Å². The van der Waals surface area contributed by atoms with Gasteiger partial charge in [-0.1, -0.05) is 68.5 Å². The molecule has 0 spiro atoms. The van der Waals surface area contributed by atoms with Crippen molar-refractivity contribution < 1.29 is 9.90 Å². The van der Waals surface area contributed by atoms with Gasteiger partial charge in [-0.3, -0.25) is 0 Å². The maximum atomic E-state index is 11.0. The molecule has 146 valence electrons. The molecule has 1 aliphatic rings. The van der Waals surface area contributed by atoms with Gasteiger partial charge in [-0.2, -0.15) is 0 Å². The van der Waals surface area contributed by atoms with Crippen LogP contribution in [0.1, 0.15) is 41.8 Å². The highest BCUT2D eigenvalue weighted by molar-refractivity contribution is 5.97. The van der Waals surface area contributed by atoms with Gasteiger partial charge in [0.25, 0.3) is 0 Å². The van der Waals surface area contributed by atoms with Crippen molar-refractivity contribution in [1.82, 2.24) is 0 Å². The van der Waals surface area contributed by atoms with Crippen LogP contribution in [0.15, 0.2) is 78.9 Å². The van der Waals surface area contributed by atoms with E-state index in [4.69, 9.17) is 5.11 Å². The lowest BCUT2D eigenvalue weighted by molar-refractivity contribution is 0.0697. The summed E-state index contributed by atoms with van der Waals surface area (Å²) in [5.41, 5.74) is 5.24. The Morgan fingerprint density at radius 2 is 1.76 bits per heavy atom. The summed E-state index contributed by atoms with van der Waals surface area (Å²) in [6.45, 7) is 5.21. The SMILES string of the molecule is CC1(C)C=CC=C(c2cccc3cccc(CNc4ccc(C(=O)O)cc4)c23)C1. The van der Waals surface area contributed by atoms with Gasteiger partial charge in [-0.25, -0.2) is 4.79 Å². The van der Waals surface area contributed by atoms with Gasteiger partial charge in [-0.15, -0.1) is 0 Å². The van der Waals surface area contributed by atoms with Crippen LogP contribution in [0.25, 0.3) is 16.3 Å². The lowest BCUT2D eigenvalue weighted by Gasteiger charge is -2.26. The van der Waals surface area contributed by atoms with Crippen molar-refractivity contribution in [3.8, 4) is 0 Å². The van der Waals surface area contributed by atoms with Crippen LogP contribution < -0.4 is 5.32 Å². The lowest BCUT2D eigenvalue weighted by atomic mass is 9.79. The molecule has 3 aromatic carbocycles. The molecular weight excluding hydrogens is 358 g/mol. The van der Waals surface area contributed by atoms with E-state index in [1.807, 2.05) is 12.1 Å². The van der Waals surface area contributed by atoms with Crippen molar-refractivity contribution in [2.24, 2.45) is 5.41 Å². The standard InChI is InChI=1S/C26H25NO2/c1-26(2)15-5-9-20(16-26)23-10-4-7-18-6-3-8-21(24(18)23)17-27-22-13-11-19(12-14-22)25(28)29/h3-15,27H,16-17H2,1-2H3,(H,28,29). The topological polar surface area (TPSA) is 49.3 Å². The van der Waals surface area contributed by atoms with Crippen LogP contribution in [0.4, 0.5) is 5.69 Å². The summed E-state index contributed by atoms with van der Waals surface area (Å²) in [5.74, 6) is -0.909. The maximum Gasteiger partial charge on any atom is 0.335 e. The number of anilines is 1. The minimum Gasteiger partial charge on any atom is -0.478 e. The van der Waals surface area contributed by atoms with E-state index in [1.54, 1.807) is 12.1 Å². The Morgan fingerprint density at radius 1 is 1.03 bits per heavy atom. The first-order chi connectivity index (χ1) is 13.9. The van der Waals surface area contributed by atoms with Gasteiger partial charge in [0, 0.05) is 12.2 Å². The second-order valence-corrected chi connectivity index (χ2v) is 8.27. The number of rotatable bonds is 5. The first-order valence-corrected chi connectivity index (χ1v) is 9.90. The number of hydrogen-bond acceptors (Lipinski definition) is 2. The minimum absolute atomic E-state index is 0.158. The summed E-state index contributed by atoms with van der Waals surface area (Å²) in [6, 6.07) is 19.8. The third-order valence-electron chi connectivity index (χ3n) is 5.44. The number of benzene rings is 3. The Hall–Kier alpha value is -3.33. The number of nitrogens with one attached hydrogen (secondary N) is 1. The molecular formula is C26H25NO2. The molecule has 0 saturated heterocycles. The zero-order valence-corrected chi connectivity index (χ0v) is 16.8. The predicted molar refractivity (Wildman–Crippen MR) is 120 cm³/mol. The van der Waals surface area contributed by atoms with Crippen molar-refractivity contribution in [3.63, 3.8) is 0 Å². The Bertz CT molecular complexity index is 1120. The van der Waals surface area contributed by atoms with E-state index in [0.717, 1.165) is 12.1 Å². The van der Waals surface area contributed by atoms with E-state index in [0.29, 0.717) is 12.1 Å². The zero-order chi connectivity index (χ0) is 20.4. The molecule has 3 aromatic rings. The van der Waals surface area contributed by atoms with Crippen LogP contribution in [0.5, 0.6) is 0 Å². The van der Waals surface area contributed by atoms with E-state index in [9.17, 15) is 4.79 Å². The molecule has 4 rings (SSSR count). The van der Waals surface area contributed by atoms with Crippen LogP contribution in [0.3, 0.4) is 0 Å². The molecule has 1 aliphatic carbocycles. The molecule has 0 heterocycles. The number of carboxylic acid groups (broad SMARTS) is 1. The summed E-state index contributed by atoms with van der Waals surface area (Å²) >= 11 is 0. The Morgan fingerprint density at radius 3 is 2.45 bits per heavy atom. The Balaban J connectivity index is 1.67. The summed E-state index contributed by atoms with van der Waals surface area (Å²) in [4.78, 5) is 11.0. The number of fused-ring (bicyclic) bond motifs is 1. The van der Waals surface area contributed by atoms with Crippen molar-refractivity contribution in [1.29, 1.82) is 0 Å². The monoisotopic (exact) mass is 383 g/mol. The summed E-state index contributed by atoms with van der Waals surface area (Å²) < 4.78 is 0. The van der Waals surface area contributed by atoms with Crippen LogP contribution >= 0.6 is 0 Å². The van der Waals surface area contributed by atoms with Crippen LogP contribution in [-0.2, 0) is 6.54 Å². The van der Waals surface area contributed by atoms with E-state index < -0.39 is 5.97 Å². The third kappa shape index (κ3) is 4.09. The average Bonchev–Trinajstić information content (AvgIpc) is 2.71. The highest BCUT2D eigenvalue weighted by Crippen LogP contribution is 2.38. The maximum absolute atomic E-state index is 11.0. The summed E-state index contributed by atoms with van der Waals surface area (Å²) in [5, 5.41) is 15.0. The lowest BCUT2D eigenvalue weighted by Crippen LogP contribution is -2.11. The fourth-order valence-corrected chi connectivity index (χ4v) is 3.98. The van der Waals surface area contributed by atoms with E-state index >= 15 is 0 Å². The molecule has 0 fully saturated rings. The van der Waals surface area contributed by atoms with Crippen molar-refractivity contribution in [3.05, 3.63) is 95.6 Å². The van der Waals surface area contributed by atoms with Gasteiger partial charge in [0.15, 0.2) is 0 Å². The molecule has 0 atom stereocenters. The van der Waals surface area contributed by atoms with E-state index in [-0.39, 0.29) is 5.41 Å². The van der Waals surface area contributed by atoms with Gasteiger partial charge < -0.3 is 10.4 Å². The number of allylic oxidation sites excluding steroid dienone is 4. The Labute approximate surface area is 171 Å². The number of hydrogen-bond donors (Lipinski definition) is 2. The van der Waals surface area contributed by atoms with Gasteiger partial charge in [-0.05, 0) is 63.6 Å². The van der Waals surface area contributed by atoms with Gasteiger partial charge >= 0.3 is 5.97 Å². The first-order valence-electron chi connectivity index (χ1n) is 9.90. The van der Waals surface area contributed by atoms with Crippen molar-refractivity contribution in [2.75, 3.05) is 5.32 Å². The quantitative estimate of drug-likeness (QED) is 0.527. The Kier molecular flexibility index (Phi) is 4.98. The van der Waals surface area contributed by atoms with Crippen molar-refractivity contribution in [2.45, 2.75) is 26.8 Å². The van der Waals surface area contributed by atoms with Gasteiger partial charge in [0.2, 0.25) is 0 Å². The van der Waals surface area contributed by atoms with Crippen LogP contribution in [-0.4, -0.2) is 11.1 Å². The molecule has 3 nitrogen and oxygen atoms in total. The minimum atomic E-state index is -0.909. The smallest absolute Gasteiger partial charge is 0.335 e. The van der Waals surface area contributed by atoms with Crippen LogP contribution in [0.2, 0.25) is 0 Å². The molecule has 0 aromatic heterocycles. The zero-order valence-electron chi connectivity index (χ0n) is 16.8. The van der Waals surface area contributed by atoms with E-state index in [2.05, 4.69) is 73.8 Å². The predicted octanol–water partition coefficient (Wildman–Crippen LogP) is 6.52. The van der Waals surface area contributed by atoms with Gasteiger partial charge in [0.1, 0.15) is 0 Å². The molecule has 3 heteroatoms. The fourth-order valence-electron chi connectivity index (χ4n) is 3.98. The van der Waals surface area contributed by atoms with Gasteiger partial charge in [0.05, 0.1) is 5.56 Å². The molecule has 0 radical (unpaired) electrons. The molecule has 0 saturated carbocycles. The summed E-state index contributed by atoms with van der Waals surface area (Å²) in [7, 11) is 0. The molecule has 0 unspecified atom stereocenters. The third-order valence-corrected chi connectivity index (χ3v) is 5.44. The molecule has 0 amide bonds. The molecule has 0 aliphatic heterocycles.